The average molecular weight is 366 g/mol. The Bertz CT molecular complexity index is 600. The predicted molar refractivity (Wildman–Crippen MR) is 99.9 cm³/mol. The lowest BCUT2D eigenvalue weighted by molar-refractivity contribution is -0.119. The fourth-order valence-electron chi connectivity index (χ4n) is 3.79. The highest BCUT2D eigenvalue weighted by atomic mass is 35.5. The van der Waals surface area contributed by atoms with Gasteiger partial charge in [0.1, 0.15) is 0 Å². The number of carbonyl (C=O) groups excluding carboxylic acids is 1. The van der Waals surface area contributed by atoms with Gasteiger partial charge in [-0.3, -0.25) is 4.90 Å². The molecule has 2 fully saturated rings. The zero-order valence-corrected chi connectivity index (χ0v) is 15.9. The summed E-state index contributed by atoms with van der Waals surface area (Å²) in [7, 11) is 3.55. The molecule has 25 heavy (non-hydrogen) atoms. The first kappa shape index (κ1) is 18.5. The van der Waals surface area contributed by atoms with E-state index in [-0.39, 0.29) is 17.7 Å². The number of halogens is 1. The molecule has 3 rings (SSSR count). The van der Waals surface area contributed by atoms with Gasteiger partial charge in [-0.2, -0.15) is 0 Å². The molecule has 0 radical (unpaired) electrons. The molecule has 0 aliphatic carbocycles. The van der Waals surface area contributed by atoms with E-state index in [4.69, 9.17) is 16.3 Å². The molecule has 6 heteroatoms. The van der Waals surface area contributed by atoms with E-state index >= 15 is 0 Å². The summed E-state index contributed by atoms with van der Waals surface area (Å²) < 4.78 is 6.18. The molecule has 138 valence electrons. The lowest BCUT2D eigenvalue weighted by Gasteiger charge is -2.46. The minimum Gasteiger partial charge on any atom is -0.375 e. The lowest BCUT2D eigenvalue weighted by atomic mass is 9.82. The molecular formula is C19H28ClN3O2. The van der Waals surface area contributed by atoms with Gasteiger partial charge in [0.25, 0.3) is 0 Å². The molecule has 1 spiro atoms. The molecule has 0 saturated carbocycles. The van der Waals surface area contributed by atoms with Crippen LogP contribution in [0.15, 0.2) is 24.3 Å². The van der Waals surface area contributed by atoms with Gasteiger partial charge in [0.05, 0.1) is 5.60 Å². The quantitative estimate of drug-likeness (QED) is 0.895. The van der Waals surface area contributed by atoms with Crippen molar-refractivity contribution in [1.82, 2.24) is 15.1 Å². The van der Waals surface area contributed by atoms with Gasteiger partial charge in [0.2, 0.25) is 0 Å². The van der Waals surface area contributed by atoms with Crippen LogP contribution in [0.3, 0.4) is 0 Å². The van der Waals surface area contributed by atoms with Crippen LogP contribution in [0.2, 0.25) is 5.02 Å². The van der Waals surface area contributed by atoms with Crippen molar-refractivity contribution >= 4 is 17.6 Å². The Morgan fingerprint density at radius 3 is 2.76 bits per heavy atom. The first-order chi connectivity index (χ1) is 12.0. The van der Waals surface area contributed by atoms with Crippen LogP contribution >= 0.6 is 11.6 Å². The number of ether oxygens (including phenoxy) is 1. The zero-order valence-electron chi connectivity index (χ0n) is 15.1. The van der Waals surface area contributed by atoms with Gasteiger partial charge in [-0.15, -0.1) is 0 Å². The van der Waals surface area contributed by atoms with Crippen LogP contribution < -0.4 is 5.32 Å². The number of likely N-dealkylation sites (tertiary alicyclic amines) is 1. The minimum absolute atomic E-state index is 0.0156. The van der Waals surface area contributed by atoms with Crippen molar-refractivity contribution in [3.63, 3.8) is 0 Å². The smallest absolute Gasteiger partial charge is 0.317 e. The first-order valence-electron chi connectivity index (χ1n) is 9.05. The molecule has 2 amide bonds. The van der Waals surface area contributed by atoms with Crippen molar-refractivity contribution in [2.75, 3.05) is 33.8 Å². The highest BCUT2D eigenvalue weighted by molar-refractivity contribution is 6.31. The number of nitrogens with one attached hydrogen (secondary N) is 1. The van der Waals surface area contributed by atoms with Crippen molar-refractivity contribution in [2.45, 2.75) is 43.9 Å². The number of benzene rings is 1. The number of hydrogen-bond acceptors (Lipinski definition) is 3. The maximum atomic E-state index is 11.9. The molecular weight excluding hydrogens is 338 g/mol. The first-order valence-corrected chi connectivity index (χ1v) is 9.43. The molecule has 0 bridgehead atoms. The van der Waals surface area contributed by atoms with Crippen molar-refractivity contribution < 1.29 is 9.53 Å². The van der Waals surface area contributed by atoms with Crippen LogP contribution in [-0.2, 0) is 11.3 Å². The second-order valence-corrected chi connectivity index (χ2v) is 7.84. The third kappa shape index (κ3) is 4.66. The van der Waals surface area contributed by atoms with E-state index in [2.05, 4.69) is 16.3 Å². The van der Waals surface area contributed by atoms with Crippen molar-refractivity contribution in [3.8, 4) is 0 Å². The summed E-state index contributed by atoms with van der Waals surface area (Å²) in [6.07, 6.45) is 3.81. The third-order valence-corrected chi connectivity index (χ3v) is 5.71. The molecule has 2 aliphatic rings. The van der Waals surface area contributed by atoms with Gasteiger partial charge >= 0.3 is 6.03 Å². The van der Waals surface area contributed by atoms with E-state index < -0.39 is 0 Å². The number of amides is 2. The number of nitrogens with zero attached hydrogens (tertiary/aromatic N) is 2. The Labute approximate surface area is 155 Å². The molecule has 1 atom stereocenters. The Balaban J connectivity index is 1.53. The number of piperidine rings is 1. The SMILES string of the molecule is CN(C)C(=O)N[C@@H]1CCOC2(CCN(Cc3ccccc3Cl)CC2)C1. The van der Waals surface area contributed by atoms with Gasteiger partial charge in [0.15, 0.2) is 0 Å². The number of carbonyl (C=O) groups is 1. The summed E-state index contributed by atoms with van der Waals surface area (Å²) in [4.78, 5) is 16.0. The Morgan fingerprint density at radius 2 is 2.08 bits per heavy atom. The van der Waals surface area contributed by atoms with Gasteiger partial charge in [-0.05, 0) is 37.3 Å². The topological polar surface area (TPSA) is 44.8 Å². The van der Waals surface area contributed by atoms with E-state index in [1.54, 1.807) is 19.0 Å². The highest BCUT2D eigenvalue weighted by Crippen LogP contribution is 2.35. The molecule has 1 aromatic carbocycles. The molecule has 0 aromatic heterocycles. The summed E-state index contributed by atoms with van der Waals surface area (Å²) in [6, 6.07) is 8.24. The van der Waals surface area contributed by atoms with E-state index in [0.29, 0.717) is 0 Å². The monoisotopic (exact) mass is 365 g/mol. The summed E-state index contributed by atoms with van der Waals surface area (Å²) in [5, 5.41) is 3.96. The lowest BCUT2D eigenvalue weighted by Crippen LogP contribution is -2.54. The van der Waals surface area contributed by atoms with Crippen LogP contribution in [0.4, 0.5) is 4.79 Å². The van der Waals surface area contributed by atoms with Crippen LogP contribution in [-0.4, -0.2) is 61.3 Å². The molecule has 5 nitrogen and oxygen atoms in total. The summed E-state index contributed by atoms with van der Waals surface area (Å²) in [6.45, 7) is 3.61. The van der Waals surface area contributed by atoms with Crippen LogP contribution in [0.25, 0.3) is 0 Å². The fraction of sp³-hybridized carbons (Fsp3) is 0.632. The maximum Gasteiger partial charge on any atom is 0.317 e. The molecule has 1 aromatic rings. The Kier molecular flexibility index (Phi) is 5.87. The van der Waals surface area contributed by atoms with Crippen LogP contribution in [0.5, 0.6) is 0 Å². The second-order valence-electron chi connectivity index (χ2n) is 7.43. The van der Waals surface area contributed by atoms with Gasteiger partial charge < -0.3 is 15.0 Å². The van der Waals surface area contributed by atoms with Gasteiger partial charge in [-0.25, -0.2) is 4.79 Å². The summed E-state index contributed by atoms with van der Waals surface area (Å²) in [5.41, 5.74) is 1.10. The molecule has 1 N–H and O–H groups in total. The predicted octanol–water partition coefficient (Wildman–Crippen LogP) is 3.12. The number of hydrogen-bond donors (Lipinski definition) is 1. The summed E-state index contributed by atoms with van der Waals surface area (Å²) >= 11 is 6.28. The normalized spacial score (nSPS) is 23.4. The number of rotatable bonds is 3. The largest absolute Gasteiger partial charge is 0.375 e. The number of urea groups is 1. The molecule has 2 aliphatic heterocycles. The standard InChI is InChI=1S/C19H28ClN3O2/c1-22(2)18(24)21-16-7-12-25-19(13-16)8-10-23(11-9-19)14-15-5-3-4-6-17(15)20/h3-6,16H,7-14H2,1-2H3,(H,21,24)/t16-/m1/s1. The van der Waals surface area contributed by atoms with E-state index in [1.165, 1.54) is 5.56 Å². The fourth-order valence-corrected chi connectivity index (χ4v) is 3.98. The van der Waals surface area contributed by atoms with E-state index in [9.17, 15) is 4.79 Å². The van der Waals surface area contributed by atoms with Crippen molar-refractivity contribution in [2.24, 2.45) is 0 Å². The maximum absolute atomic E-state index is 11.9. The highest BCUT2D eigenvalue weighted by Gasteiger charge is 2.40. The minimum atomic E-state index is -0.0838. The van der Waals surface area contributed by atoms with Crippen LogP contribution in [0, 0.1) is 0 Å². The molecule has 2 saturated heterocycles. The van der Waals surface area contributed by atoms with Crippen LogP contribution in [0.1, 0.15) is 31.2 Å². The van der Waals surface area contributed by atoms with Gasteiger partial charge in [0, 0.05) is 51.4 Å². The van der Waals surface area contributed by atoms with E-state index in [0.717, 1.165) is 56.9 Å². The average Bonchev–Trinajstić information content (AvgIpc) is 2.59. The van der Waals surface area contributed by atoms with Crippen molar-refractivity contribution in [3.05, 3.63) is 34.9 Å². The van der Waals surface area contributed by atoms with Crippen molar-refractivity contribution in [1.29, 1.82) is 0 Å². The summed E-state index contributed by atoms with van der Waals surface area (Å²) in [5.74, 6) is 0. The Morgan fingerprint density at radius 1 is 1.36 bits per heavy atom. The second kappa shape index (κ2) is 7.94. The van der Waals surface area contributed by atoms with E-state index in [1.807, 2.05) is 18.2 Å². The molecule has 2 heterocycles. The molecule has 0 unspecified atom stereocenters. The Hall–Kier alpha value is -1.30. The van der Waals surface area contributed by atoms with Gasteiger partial charge in [-0.1, -0.05) is 29.8 Å². The zero-order chi connectivity index (χ0) is 17.9. The third-order valence-electron chi connectivity index (χ3n) is 5.35.